The van der Waals surface area contributed by atoms with Crippen molar-refractivity contribution in [2.24, 2.45) is 0 Å². The molecular weight excluding hydrogens is 218 g/mol. The maximum absolute atomic E-state index is 10.9. The van der Waals surface area contributed by atoms with Crippen LogP contribution in [-0.2, 0) is 10.3 Å². The van der Waals surface area contributed by atoms with Gasteiger partial charge in [-0.1, -0.05) is 6.08 Å². The molecule has 6 nitrogen and oxygen atoms in total. The van der Waals surface area contributed by atoms with Crippen LogP contribution in [0.15, 0.2) is 23.4 Å². The Labute approximate surface area is 88.0 Å². The van der Waals surface area contributed by atoms with Crippen molar-refractivity contribution in [1.82, 2.24) is 4.31 Å². The summed E-state index contributed by atoms with van der Waals surface area (Å²) in [4.78, 5) is 2.99. The average molecular weight is 229 g/mol. The molecule has 0 unspecified atom stereocenters. The molecule has 0 atom stereocenters. The second-order valence-electron chi connectivity index (χ2n) is 3.18. The monoisotopic (exact) mass is 229 g/mol. The minimum atomic E-state index is -4.26. The van der Waals surface area contributed by atoms with Crippen LogP contribution in [-0.4, -0.2) is 34.8 Å². The summed E-state index contributed by atoms with van der Waals surface area (Å²) in [5.74, 6) is 0. The van der Waals surface area contributed by atoms with Crippen molar-refractivity contribution >= 4 is 16.0 Å². The van der Waals surface area contributed by atoms with Gasteiger partial charge in [-0.15, -0.1) is 0 Å². The first kappa shape index (κ1) is 11.6. The van der Waals surface area contributed by atoms with Gasteiger partial charge in [0.2, 0.25) is 0 Å². The second kappa shape index (κ2) is 3.98. The summed E-state index contributed by atoms with van der Waals surface area (Å²) in [7, 11) is -3.02. The first-order valence-electron chi connectivity index (χ1n) is 4.16. The van der Waals surface area contributed by atoms with Crippen molar-refractivity contribution in [2.75, 3.05) is 7.05 Å². The summed E-state index contributed by atoms with van der Waals surface area (Å²) >= 11 is 0. The Morgan fingerprint density at radius 2 is 2.13 bits per heavy atom. The predicted octanol–water partition coefficient (Wildman–Crippen LogP) is 0.626. The highest BCUT2D eigenvalue weighted by Gasteiger charge is 2.24. The Morgan fingerprint density at radius 1 is 1.53 bits per heavy atom. The number of rotatable bonds is 2. The molecule has 0 spiro atoms. The summed E-state index contributed by atoms with van der Waals surface area (Å²) in [5, 5.41) is 0. The van der Waals surface area contributed by atoms with E-state index in [1.165, 1.54) is 7.05 Å². The Bertz CT molecular complexity index is 483. The minimum absolute atomic E-state index is 0.162. The fourth-order valence-corrected chi connectivity index (χ4v) is 1.74. The summed E-state index contributed by atoms with van der Waals surface area (Å²) in [6.07, 6.45) is 3.36. The van der Waals surface area contributed by atoms with Crippen LogP contribution in [0.2, 0.25) is 0 Å². The maximum atomic E-state index is 10.9. The first-order chi connectivity index (χ1) is 6.86. The van der Waals surface area contributed by atoms with Crippen LogP contribution in [0.4, 0.5) is 0 Å². The molecule has 1 rings (SSSR count). The van der Waals surface area contributed by atoms with E-state index >= 15 is 0 Å². The zero-order chi connectivity index (χ0) is 11.6. The third kappa shape index (κ3) is 2.53. The van der Waals surface area contributed by atoms with Crippen molar-refractivity contribution in [3.8, 4) is 0 Å². The van der Waals surface area contributed by atoms with Gasteiger partial charge in [0.25, 0.3) is 5.71 Å². The molecule has 1 aliphatic rings. The number of hydrogen-bond acceptors (Lipinski definition) is 2. The zero-order valence-electron chi connectivity index (χ0n) is 8.38. The third-order valence-corrected chi connectivity index (χ3v) is 3.10. The molecule has 0 aromatic carbocycles. The van der Waals surface area contributed by atoms with Crippen LogP contribution in [0, 0.1) is 0 Å². The van der Waals surface area contributed by atoms with E-state index in [2.05, 4.69) is 4.79 Å². The topological polar surface area (TPSA) is 94.0 Å². The number of hydrogen-bond donors (Lipinski definition) is 1. The van der Waals surface area contributed by atoms with Gasteiger partial charge in [0.1, 0.15) is 0 Å². The van der Waals surface area contributed by atoms with Gasteiger partial charge in [0.05, 0.1) is 6.42 Å². The SMILES string of the molecule is CC1=C(N(C)S(=O)(=O)O)CC(=[N+]=[N-])C=C1. The lowest BCUT2D eigenvalue weighted by atomic mass is 10.0. The van der Waals surface area contributed by atoms with Crippen LogP contribution in [0.25, 0.3) is 5.53 Å². The smallest absolute Gasteiger partial charge is 0.359 e. The van der Waals surface area contributed by atoms with Crippen LogP contribution < -0.4 is 0 Å². The Balaban J connectivity index is 3.15. The first-order valence-corrected chi connectivity index (χ1v) is 5.56. The van der Waals surface area contributed by atoms with Crippen LogP contribution >= 0.6 is 0 Å². The Kier molecular flexibility index (Phi) is 3.09. The van der Waals surface area contributed by atoms with E-state index in [-0.39, 0.29) is 6.42 Å². The van der Waals surface area contributed by atoms with Crippen molar-refractivity contribution in [3.63, 3.8) is 0 Å². The molecule has 15 heavy (non-hydrogen) atoms. The summed E-state index contributed by atoms with van der Waals surface area (Å²) < 4.78 is 31.4. The molecule has 1 N–H and O–H groups in total. The van der Waals surface area contributed by atoms with Gasteiger partial charge < -0.3 is 5.53 Å². The summed E-state index contributed by atoms with van der Waals surface area (Å²) in [6.45, 7) is 1.71. The zero-order valence-corrected chi connectivity index (χ0v) is 9.19. The maximum Gasteiger partial charge on any atom is 0.359 e. The quantitative estimate of drug-likeness (QED) is 0.427. The molecule has 0 amide bonds. The van der Waals surface area contributed by atoms with Gasteiger partial charge in [-0.25, -0.2) is 0 Å². The van der Waals surface area contributed by atoms with E-state index in [4.69, 9.17) is 10.1 Å². The summed E-state index contributed by atoms with van der Waals surface area (Å²) in [5.41, 5.74) is 9.98. The van der Waals surface area contributed by atoms with Crippen molar-refractivity contribution in [2.45, 2.75) is 13.3 Å². The van der Waals surface area contributed by atoms with Crippen molar-refractivity contribution in [1.29, 1.82) is 0 Å². The van der Waals surface area contributed by atoms with Gasteiger partial charge in [-0.05, 0) is 12.5 Å². The molecule has 0 saturated heterocycles. The van der Waals surface area contributed by atoms with E-state index < -0.39 is 10.3 Å². The fourth-order valence-electron chi connectivity index (χ4n) is 1.25. The molecule has 0 fully saturated rings. The standard InChI is InChI=1S/C8H11N3O3S/c1-6-3-4-7(10-9)5-8(6)11(2)15(12,13)14/h3-4H,5H2,1-2H3,(H,12,13,14). The van der Waals surface area contributed by atoms with Gasteiger partial charge >= 0.3 is 10.3 Å². The normalized spacial score (nSPS) is 16.6. The largest absolute Gasteiger partial charge is 0.361 e. The van der Waals surface area contributed by atoms with E-state index in [1.807, 2.05) is 0 Å². The van der Waals surface area contributed by atoms with Crippen LogP contribution in [0.1, 0.15) is 13.3 Å². The predicted molar refractivity (Wildman–Crippen MR) is 54.4 cm³/mol. The average Bonchev–Trinajstić information content (AvgIpc) is 2.16. The summed E-state index contributed by atoms with van der Waals surface area (Å²) in [6, 6.07) is 0. The van der Waals surface area contributed by atoms with Gasteiger partial charge in [0, 0.05) is 18.8 Å². The molecule has 0 radical (unpaired) electrons. The lowest BCUT2D eigenvalue weighted by Gasteiger charge is -2.20. The number of allylic oxidation sites excluding steroid dienone is 4. The van der Waals surface area contributed by atoms with E-state index in [9.17, 15) is 8.42 Å². The lowest BCUT2D eigenvalue weighted by molar-refractivity contribution is -0.00591. The molecular formula is C8H11N3O3S. The Hall–Kier alpha value is -1.43. The van der Waals surface area contributed by atoms with Crippen molar-refractivity contribution < 1.29 is 17.8 Å². The second-order valence-corrected chi connectivity index (χ2v) is 4.62. The highest BCUT2D eigenvalue weighted by molar-refractivity contribution is 7.83. The highest BCUT2D eigenvalue weighted by Crippen LogP contribution is 2.20. The molecule has 1 aliphatic carbocycles. The van der Waals surface area contributed by atoms with E-state index in [1.54, 1.807) is 19.1 Å². The molecule has 0 bridgehead atoms. The molecule has 0 aliphatic heterocycles. The molecule has 0 heterocycles. The Morgan fingerprint density at radius 3 is 2.60 bits per heavy atom. The fraction of sp³-hybridized carbons (Fsp3) is 0.375. The van der Waals surface area contributed by atoms with Gasteiger partial charge in [-0.2, -0.15) is 13.2 Å². The minimum Gasteiger partial charge on any atom is -0.361 e. The highest BCUT2D eigenvalue weighted by atomic mass is 32.2. The van der Waals surface area contributed by atoms with Crippen LogP contribution in [0.5, 0.6) is 0 Å². The molecule has 0 aromatic heterocycles. The molecule has 7 heteroatoms. The van der Waals surface area contributed by atoms with Gasteiger partial charge in [0.15, 0.2) is 0 Å². The molecule has 82 valence electrons. The van der Waals surface area contributed by atoms with Crippen LogP contribution in [0.3, 0.4) is 0 Å². The third-order valence-electron chi connectivity index (χ3n) is 2.18. The lowest BCUT2D eigenvalue weighted by Crippen LogP contribution is -2.28. The number of nitrogens with zero attached hydrogens (tertiary/aromatic N) is 3. The van der Waals surface area contributed by atoms with Crippen molar-refractivity contribution in [3.05, 3.63) is 29.0 Å². The van der Waals surface area contributed by atoms with Gasteiger partial charge in [-0.3, -0.25) is 8.86 Å². The molecule has 0 aromatic rings. The molecule has 0 saturated carbocycles. The van der Waals surface area contributed by atoms with E-state index in [0.717, 1.165) is 4.31 Å². The van der Waals surface area contributed by atoms with E-state index in [0.29, 0.717) is 17.0 Å².